The zero-order valence-corrected chi connectivity index (χ0v) is 15.1. The normalized spacial score (nSPS) is 14.0. The van der Waals surface area contributed by atoms with Crippen LogP contribution in [0.2, 0.25) is 0 Å². The number of rotatable bonds is 11. The summed E-state index contributed by atoms with van der Waals surface area (Å²) < 4.78 is 0. The largest absolute Gasteiger partial charge is 0.480 e. The number of carbonyl (C=O) groups is 5. The molecule has 0 spiro atoms. The van der Waals surface area contributed by atoms with Crippen LogP contribution in [0.3, 0.4) is 0 Å². The number of carboxylic acid groups (broad SMARTS) is 1. The van der Waals surface area contributed by atoms with Crippen molar-refractivity contribution in [3.05, 3.63) is 0 Å². The van der Waals surface area contributed by atoms with Crippen LogP contribution in [0.5, 0.6) is 0 Å². The molecule has 0 rings (SSSR count). The molecule has 0 saturated carbocycles. The molecule has 0 aliphatic carbocycles. The third-order valence-electron chi connectivity index (χ3n) is 3.28. The Morgan fingerprint density at radius 2 is 1.58 bits per heavy atom. The van der Waals surface area contributed by atoms with Crippen LogP contribution >= 0.6 is 0 Å². The predicted octanol–water partition coefficient (Wildman–Crippen LogP) is -2.57. The van der Waals surface area contributed by atoms with Crippen molar-refractivity contribution in [1.82, 2.24) is 16.0 Å². The number of aliphatic carboxylic acids is 1. The van der Waals surface area contributed by atoms with Crippen LogP contribution < -0.4 is 27.4 Å². The number of primary amides is 1. The monoisotopic (exact) mass is 373 g/mol. The van der Waals surface area contributed by atoms with Gasteiger partial charge in [0, 0.05) is 0 Å². The zero-order chi connectivity index (χ0) is 20.4. The molecule has 3 unspecified atom stereocenters. The molecule has 0 heterocycles. The minimum absolute atomic E-state index is 0.218. The minimum atomic E-state index is -1.49. The lowest BCUT2D eigenvalue weighted by Gasteiger charge is -2.18. The fourth-order valence-electron chi connectivity index (χ4n) is 1.97. The molecule has 0 aliphatic heterocycles. The molecule has 11 heteroatoms. The fourth-order valence-corrected chi connectivity index (χ4v) is 1.97. The third-order valence-corrected chi connectivity index (χ3v) is 3.28. The average Bonchev–Trinajstić information content (AvgIpc) is 2.50. The van der Waals surface area contributed by atoms with E-state index in [4.69, 9.17) is 16.6 Å². The second-order valence-corrected chi connectivity index (χ2v) is 6.31. The Hall–Kier alpha value is -2.69. The van der Waals surface area contributed by atoms with E-state index in [1.54, 1.807) is 0 Å². The number of carboxylic acids is 1. The maximum Gasteiger partial charge on any atom is 0.326 e. The number of nitrogens with one attached hydrogen (secondary N) is 3. The van der Waals surface area contributed by atoms with Crippen molar-refractivity contribution in [2.75, 3.05) is 6.54 Å². The molecule has 26 heavy (non-hydrogen) atoms. The van der Waals surface area contributed by atoms with Crippen LogP contribution in [0.25, 0.3) is 0 Å². The van der Waals surface area contributed by atoms with E-state index in [0.29, 0.717) is 6.42 Å². The molecule has 3 atom stereocenters. The number of carbonyl (C=O) groups excluding carboxylic acids is 4. The summed E-state index contributed by atoms with van der Waals surface area (Å²) in [6.07, 6.45) is -0.117. The van der Waals surface area contributed by atoms with Crippen LogP contribution in [-0.2, 0) is 24.0 Å². The Morgan fingerprint density at radius 1 is 1.00 bits per heavy atom. The lowest BCUT2D eigenvalue weighted by Crippen LogP contribution is -2.53. The molecule has 0 saturated heterocycles. The van der Waals surface area contributed by atoms with E-state index in [9.17, 15) is 24.0 Å². The first-order chi connectivity index (χ1) is 11.9. The van der Waals surface area contributed by atoms with Crippen LogP contribution in [0.1, 0.15) is 33.6 Å². The molecule has 4 amide bonds. The van der Waals surface area contributed by atoms with Gasteiger partial charge < -0.3 is 32.5 Å². The molecule has 148 valence electrons. The van der Waals surface area contributed by atoms with Gasteiger partial charge in [-0.3, -0.25) is 19.2 Å². The summed E-state index contributed by atoms with van der Waals surface area (Å²) in [5, 5.41) is 15.7. The van der Waals surface area contributed by atoms with Gasteiger partial charge in [-0.2, -0.15) is 0 Å². The van der Waals surface area contributed by atoms with Crippen LogP contribution in [0, 0.1) is 5.92 Å². The van der Waals surface area contributed by atoms with E-state index >= 15 is 0 Å². The highest BCUT2D eigenvalue weighted by atomic mass is 16.4. The summed E-state index contributed by atoms with van der Waals surface area (Å²) in [6, 6.07) is -3.32. The van der Waals surface area contributed by atoms with Gasteiger partial charge in [0.1, 0.15) is 12.1 Å². The van der Waals surface area contributed by atoms with Gasteiger partial charge in [0.15, 0.2) is 0 Å². The van der Waals surface area contributed by atoms with E-state index in [2.05, 4.69) is 16.0 Å². The van der Waals surface area contributed by atoms with Gasteiger partial charge in [0.05, 0.1) is 19.0 Å². The van der Waals surface area contributed by atoms with E-state index < -0.39 is 54.1 Å². The SMILES string of the molecule is CC(C)CC(N)C(=O)NCC(=O)NC(C)C(=O)NC(CC(N)=O)C(=O)O. The molecule has 0 radical (unpaired) electrons. The van der Waals surface area contributed by atoms with Gasteiger partial charge in [-0.25, -0.2) is 4.79 Å². The number of nitrogens with two attached hydrogens (primary N) is 2. The molecule has 0 fully saturated rings. The van der Waals surface area contributed by atoms with Crippen molar-refractivity contribution in [1.29, 1.82) is 0 Å². The van der Waals surface area contributed by atoms with Gasteiger partial charge in [-0.05, 0) is 19.3 Å². The quantitative estimate of drug-likeness (QED) is 0.229. The molecule has 11 nitrogen and oxygen atoms in total. The number of hydrogen-bond donors (Lipinski definition) is 6. The molecular formula is C15H27N5O6. The van der Waals surface area contributed by atoms with Gasteiger partial charge in [0.25, 0.3) is 0 Å². The van der Waals surface area contributed by atoms with Crippen molar-refractivity contribution in [2.24, 2.45) is 17.4 Å². The third kappa shape index (κ3) is 9.57. The Balaban J connectivity index is 4.43. The number of hydrogen-bond acceptors (Lipinski definition) is 6. The molecular weight excluding hydrogens is 346 g/mol. The first-order valence-corrected chi connectivity index (χ1v) is 8.08. The molecule has 8 N–H and O–H groups in total. The van der Waals surface area contributed by atoms with Crippen molar-refractivity contribution >= 4 is 29.6 Å². The smallest absolute Gasteiger partial charge is 0.326 e. The number of amides is 4. The summed E-state index contributed by atoms with van der Waals surface area (Å²) in [6.45, 7) is 4.75. The van der Waals surface area contributed by atoms with E-state index in [-0.39, 0.29) is 12.5 Å². The van der Waals surface area contributed by atoms with Crippen molar-refractivity contribution in [3.63, 3.8) is 0 Å². The van der Waals surface area contributed by atoms with Gasteiger partial charge in [0.2, 0.25) is 23.6 Å². The second-order valence-electron chi connectivity index (χ2n) is 6.31. The minimum Gasteiger partial charge on any atom is -0.480 e. The van der Waals surface area contributed by atoms with Crippen LogP contribution in [0.4, 0.5) is 0 Å². The highest BCUT2D eigenvalue weighted by Crippen LogP contribution is 2.02. The summed E-state index contributed by atoms with van der Waals surface area (Å²) in [7, 11) is 0. The van der Waals surface area contributed by atoms with Crippen molar-refractivity contribution in [3.8, 4) is 0 Å². The lowest BCUT2D eigenvalue weighted by molar-refractivity contribution is -0.143. The Morgan fingerprint density at radius 3 is 2.04 bits per heavy atom. The molecule has 0 aliphatic rings. The standard InChI is InChI=1S/C15H27N5O6/c1-7(2)4-9(16)14(24)18-6-12(22)19-8(3)13(23)20-10(15(25)26)5-11(17)21/h7-10H,4-6,16H2,1-3H3,(H2,17,21)(H,18,24)(H,19,22)(H,20,23)(H,25,26). The average molecular weight is 373 g/mol. The van der Waals surface area contributed by atoms with Crippen molar-refractivity contribution < 1.29 is 29.1 Å². The van der Waals surface area contributed by atoms with Crippen LogP contribution in [0.15, 0.2) is 0 Å². The molecule has 0 aromatic carbocycles. The highest BCUT2D eigenvalue weighted by Gasteiger charge is 2.25. The summed E-state index contributed by atoms with van der Waals surface area (Å²) in [5.41, 5.74) is 10.6. The molecule has 0 bridgehead atoms. The Bertz CT molecular complexity index is 551. The van der Waals surface area contributed by atoms with Gasteiger partial charge in [-0.1, -0.05) is 13.8 Å². The summed E-state index contributed by atoms with van der Waals surface area (Å²) in [5.74, 6) is -4.06. The topological polar surface area (TPSA) is 194 Å². The van der Waals surface area contributed by atoms with E-state index in [1.807, 2.05) is 13.8 Å². The van der Waals surface area contributed by atoms with E-state index in [1.165, 1.54) is 6.92 Å². The summed E-state index contributed by atoms with van der Waals surface area (Å²) in [4.78, 5) is 57.1. The van der Waals surface area contributed by atoms with Gasteiger partial charge >= 0.3 is 5.97 Å². The maximum atomic E-state index is 11.9. The highest BCUT2D eigenvalue weighted by molar-refractivity contribution is 5.93. The first-order valence-electron chi connectivity index (χ1n) is 8.08. The van der Waals surface area contributed by atoms with Crippen molar-refractivity contribution in [2.45, 2.75) is 51.7 Å². The second kappa shape index (κ2) is 11.0. The maximum absolute atomic E-state index is 11.9. The first kappa shape index (κ1) is 23.3. The van der Waals surface area contributed by atoms with Gasteiger partial charge in [-0.15, -0.1) is 0 Å². The molecule has 0 aromatic rings. The molecule has 0 aromatic heterocycles. The van der Waals surface area contributed by atoms with Crippen LogP contribution in [-0.4, -0.2) is 59.4 Å². The van der Waals surface area contributed by atoms with E-state index in [0.717, 1.165) is 0 Å². The Labute approximate surface area is 151 Å². The fraction of sp³-hybridized carbons (Fsp3) is 0.667. The Kier molecular flexibility index (Phi) is 9.89. The summed E-state index contributed by atoms with van der Waals surface area (Å²) >= 11 is 0. The lowest BCUT2D eigenvalue weighted by atomic mass is 10.0. The predicted molar refractivity (Wildman–Crippen MR) is 91.4 cm³/mol. The zero-order valence-electron chi connectivity index (χ0n) is 15.1.